The molecule has 0 radical (unpaired) electrons. The van der Waals surface area contributed by atoms with E-state index in [1.54, 1.807) is 20.8 Å². The molecule has 2 N–H and O–H groups in total. The molecule has 1 heterocycles. The lowest BCUT2D eigenvalue weighted by Crippen LogP contribution is -2.45. The maximum Gasteiger partial charge on any atom is 0.408 e. The molecule has 1 aliphatic heterocycles. The SMILES string of the molecule is COC(=O)[C@H](Cc1ccc2c(c1)C(Sc1ccccc1)CC(c1c(C)cccc1C)N2)NC(=O)OC(C)(C)C. The van der Waals surface area contributed by atoms with Gasteiger partial charge in [0.05, 0.1) is 13.2 Å². The van der Waals surface area contributed by atoms with E-state index in [0.717, 1.165) is 17.7 Å². The lowest BCUT2D eigenvalue weighted by Gasteiger charge is -2.35. The predicted molar refractivity (Wildman–Crippen MR) is 157 cm³/mol. The van der Waals surface area contributed by atoms with Crippen molar-refractivity contribution in [3.63, 3.8) is 0 Å². The number of carbonyl (C=O) groups is 2. The van der Waals surface area contributed by atoms with Gasteiger partial charge in [-0.25, -0.2) is 9.59 Å². The quantitative estimate of drug-likeness (QED) is 0.303. The summed E-state index contributed by atoms with van der Waals surface area (Å²) < 4.78 is 10.4. The number of alkyl carbamates (subject to hydrolysis) is 1. The van der Waals surface area contributed by atoms with Crippen LogP contribution in [0.25, 0.3) is 0 Å². The van der Waals surface area contributed by atoms with E-state index < -0.39 is 23.7 Å². The Morgan fingerprint density at radius 3 is 2.36 bits per heavy atom. The van der Waals surface area contributed by atoms with Crippen LogP contribution in [0.3, 0.4) is 0 Å². The van der Waals surface area contributed by atoms with Gasteiger partial charge in [-0.05, 0) is 87.1 Å². The Balaban J connectivity index is 1.64. The Morgan fingerprint density at radius 1 is 1.03 bits per heavy atom. The topological polar surface area (TPSA) is 76.7 Å². The molecular formula is C32H38N2O4S. The van der Waals surface area contributed by atoms with Crippen LogP contribution in [0.1, 0.15) is 66.3 Å². The Morgan fingerprint density at radius 2 is 1.72 bits per heavy atom. The number of amides is 1. The van der Waals surface area contributed by atoms with Gasteiger partial charge in [0.2, 0.25) is 0 Å². The number of esters is 1. The van der Waals surface area contributed by atoms with Crippen LogP contribution in [-0.4, -0.2) is 30.8 Å². The van der Waals surface area contributed by atoms with Gasteiger partial charge in [0.15, 0.2) is 0 Å². The maximum atomic E-state index is 12.6. The molecule has 3 aromatic carbocycles. The second kappa shape index (κ2) is 12.2. The van der Waals surface area contributed by atoms with Crippen molar-refractivity contribution in [2.75, 3.05) is 12.4 Å². The van der Waals surface area contributed by atoms with Crippen LogP contribution in [0.4, 0.5) is 10.5 Å². The molecule has 4 rings (SSSR count). The number of hydrogen-bond donors (Lipinski definition) is 2. The number of fused-ring (bicyclic) bond motifs is 1. The largest absolute Gasteiger partial charge is 0.467 e. The number of hydrogen-bond acceptors (Lipinski definition) is 6. The van der Waals surface area contributed by atoms with E-state index in [9.17, 15) is 9.59 Å². The highest BCUT2D eigenvalue weighted by atomic mass is 32.2. The molecule has 3 atom stereocenters. The Labute approximate surface area is 235 Å². The van der Waals surface area contributed by atoms with Crippen LogP contribution < -0.4 is 10.6 Å². The molecular weight excluding hydrogens is 508 g/mol. The fourth-order valence-corrected chi connectivity index (χ4v) is 6.34. The number of anilines is 1. The fraction of sp³-hybridized carbons (Fsp3) is 0.375. The van der Waals surface area contributed by atoms with Crippen LogP contribution in [-0.2, 0) is 20.7 Å². The zero-order chi connectivity index (χ0) is 28.2. The molecule has 6 nitrogen and oxygen atoms in total. The van der Waals surface area contributed by atoms with Crippen molar-refractivity contribution in [3.8, 4) is 0 Å². The number of benzene rings is 3. The molecule has 0 aromatic heterocycles. The summed E-state index contributed by atoms with van der Waals surface area (Å²) in [5.74, 6) is -0.512. The zero-order valence-corrected chi connectivity index (χ0v) is 24.4. The molecule has 206 valence electrons. The molecule has 0 fully saturated rings. The van der Waals surface area contributed by atoms with E-state index in [2.05, 4.69) is 79.1 Å². The van der Waals surface area contributed by atoms with Crippen LogP contribution >= 0.6 is 11.8 Å². The lowest BCUT2D eigenvalue weighted by atomic mass is 9.87. The molecule has 1 aliphatic rings. The van der Waals surface area contributed by atoms with E-state index in [-0.39, 0.29) is 11.3 Å². The van der Waals surface area contributed by atoms with Crippen molar-refractivity contribution in [1.29, 1.82) is 0 Å². The third-order valence-corrected chi connectivity index (χ3v) is 8.05. The third-order valence-electron chi connectivity index (χ3n) is 6.77. The van der Waals surface area contributed by atoms with E-state index >= 15 is 0 Å². The van der Waals surface area contributed by atoms with Crippen LogP contribution in [0, 0.1) is 13.8 Å². The molecule has 3 aromatic rings. The highest BCUT2D eigenvalue weighted by molar-refractivity contribution is 7.99. The summed E-state index contributed by atoms with van der Waals surface area (Å²) in [6.45, 7) is 9.70. The van der Waals surface area contributed by atoms with Crippen LogP contribution in [0.2, 0.25) is 0 Å². The number of carbonyl (C=O) groups excluding carboxylic acids is 2. The summed E-state index contributed by atoms with van der Waals surface area (Å²) in [6.07, 6.45) is 0.562. The Kier molecular flexibility index (Phi) is 8.90. The predicted octanol–water partition coefficient (Wildman–Crippen LogP) is 7.30. The average molecular weight is 547 g/mol. The van der Waals surface area contributed by atoms with Gasteiger partial charge in [-0.1, -0.05) is 48.5 Å². The number of aryl methyl sites for hydroxylation is 2. The van der Waals surface area contributed by atoms with E-state index in [1.165, 1.54) is 34.3 Å². The standard InChI is InChI=1S/C32H38N2O4S/c1-20-11-10-12-21(2)29(20)26-19-28(39-23-13-8-7-9-14-23)24-17-22(15-16-25(24)33-26)18-27(30(35)37-6)34-31(36)38-32(3,4)5/h7-17,26-28,33H,18-19H2,1-6H3,(H,34,36)/t26?,27-,28?/m0/s1. The van der Waals surface area contributed by atoms with E-state index in [1.807, 2.05) is 23.9 Å². The Bertz CT molecular complexity index is 1300. The van der Waals surface area contributed by atoms with Crippen molar-refractivity contribution >= 4 is 29.5 Å². The normalized spacial score (nSPS) is 17.4. The van der Waals surface area contributed by atoms with E-state index in [4.69, 9.17) is 9.47 Å². The van der Waals surface area contributed by atoms with E-state index in [0.29, 0.717) is 6.42 Å². The number of nitrogens with one attached hydrogen (secondary N) is 2. The molecule has 0 saturated carbocycles. The second-order valence-corrected chi connectivity index (χ2v) is 12.3. The third kappa shape index (κ3) is 7.35. The number of methoxy groups -OCH3 is 1. The number of thioether (sulfide) groups is 1. The maximum absolute atomic E-state index is 12.6. The number of rotatable bonds is 7. The van der Waals surface area contributed by atoms with Crippen LogP contribution in [0.15, 0.2) is 71.6 Å². The van der Waals surface area contributed by atoms with Gasteiger partial charge in [0.1, 0.15) is 11.6 Å². The second-order valence-electron chi connectivity index (χ2n) is 11.0. The van der Waals surface area contributed by atoms with Crippen molar-refractivity contribution < 1.29 is 19.1 Å². The summed E-state index contributed by atoms with van der Waals surface area (Å²) in [7, 11) is 1.32. The molecule has 7 heteroatoms. The van der Waals surface area contributed by atoms with Crippen LogP contribution in [0.5, 0.6) is 0 Å². The summed E-state index contributed by atoms with van der Waals surface area (Å²) in [5, 5.41) is 6.67. The van der Waals surface area contributed by atoms with Crippen molar-refractivity contribution in [1.82, 2.24) is 5.32 Å². The monoisotopic (exact) mass is 546 g/mol. The first-order valence-electron chi connectivity index (χ1n) is 13.3. The van der Waals surface area contributed by atoms with Gasteiger partial charge in [0.25, 0.3) is 0 Å². The molecule has 0 aliphatic carbocycles. The minimum Gasteiger partial charge on any atom is -0.467 e. The highest BCUT2D eigenvalue weighted by Crippen LogP contribution is 2.49. The molecule has 2 unspecified atom stereocenters. The Hall–Kier alpha value is -3.45. The summed E-state index contributed by atoms with van der Waals surface area (Å²) >= 11 is 1.85. The van der Waals surface area contributed by atoms with Crippen molar-refractivity contribution in [2.45, 2.75) is 75.3 Å². The average Bonchev–Trinajstić information content (AvgIpc) is 2.87. The first kappa shape index (κ1) is 28.6. The number of ether oxygens (including phenoxy) is 2. The fourth-order valence-electron chi connectivity index (χ4n) is 5.09. The summed E-state index contributed by atoms with van der Waals surface area (Å²) in [5.41, 5.74) is 6.45. The van der Waals surface area contributed by atoms with Gasteiger partial charge >= 0.3 is 12.1 Å². The molecule has 0 spiro atoms. The van der Waals surface area contributed by atoms with Crippen molar-refractivity contribution in [3.05, 3.63) is 94.5 Å². The minimum atomic E-state index is -0.859. The summed E-state index contributed by atoms with van der Waals surface area (Å²) in [6, 6.07) is 22.5. The molecule has 0 saturated heterocycles. The zero-order valence-electron chi connectivity index (χ0n) is 23.5. The minimum absolute atomic E-state index is 0.183. The summed E-state index contributed by atoms with van der Waals surface area (Å²) in [4.78, 5) is 26.2. The van der Waals surface area contributed by atoms with Crippen molar-refractivity contribution in [2.24, 2.45) is 0 Å². The van der Waals surface area contributed by atoms with Gasteiger partial charge in [-0.3, -0.25) is 0 Å². The van der Waals surface area contributed by atoms with Gasteiger partial charge in [-0.15, -0.1) is 11.8 Å². The van der Waals surface area contributed by atoms with Gasteiger partial charge < -0.3 is 20.1 Å². The first-order chi connectivity index (χ1) is 18.5. The molecule has 1 amide bonds. The first-order valence-corrected chi connectivity index (χ1v) is 14.2. The van der Waals surface area contributed by atoms with Gasteiger partial charge in [0, 0.05) is 22.3 Å². The molecule has 39 heavy (non-hydrogen) atoms. The highest BCUT2D eigenvalue weighted by Gasteiger charge is 2.31. The molecule has 0 bridgehead atoms. The smallest absolute Gasteiger partial charge is 0.408 e. The van der Waals surface area contributed by atoms with Gasteiger partial charge in [-0.2, -0.15) is 0 Å². The lowest BCUT2D eigenvalue weighted by molar-refractivity contribution is -0.143.